The van der Waals surface area contributed by atoms with Gasteiger partial charge in [-0.05, 0) is 85.6 Å². The van der Waals surface area contributed by atoms with Crippen LogP contribution in [0.25, 0.3) is 11.5 Å². The lowest BCUT2D eigenvalue weighted by molar-refractivity contribution is -0.134. The molecule has 4 aliphatic rings. The van der Waals surface area contributed by atoms with Crippen LogP contribution in [0.3, 0.4) is 0 Å². The van der Waals surface area contributed by atoms with Gasteiger partial charge in [-0.2, -0.15) is 0 Å². The lowest BCUT2D eigenvalue weighted by Crippen LogP contribution is -2.29. The fourth-order valence-corrected chi connectivity index (χ4v) is 9.12. The lowest BCUT2D eigenvalue weighted by atomic mass is 9.95. The molecule has 2 atom stereocenters. The first-order valence-electron chi connectivity index (χ1n) is 20.3. The lowest BCUT2D eigenvalue weighted by Gasteiger charge is -2.23. The van der Waals surface area contributed by atoms with Crippen molar-refractivity contribution < 1.29 is 58.2 Å². The van der Waals surface area contributed by atoms with Crippen molar-refractivity contribution in [1.29, 1.82) is 0 Å². The van der Waals surface area contributed by atoms with E-state index in [9.17, 15) is 29.4 Å². The zero-order valence-electron chi connectivity index (χ0n) is 35.8. The fourth-order valence-electron chi connectivity index (χ4n) is 7.44. The number of hydrogen-bond acceptors (Lipinski definition) is 17. The van der Waals surface area contributed by atoms with Gasteiger partial charge in [0.15, 0.2) is 23.0 Å². The van der Waals surface area contributed by atoms with E-state index in [4.69, 9.17) is 52.1 Å². The number of carbonyl (C=O) groups excluding carboxylic acids is 4. The van der Waals surface area contributed by atoms with Crippen molar-refractivity contribution in [3.8, 4) is 23.0 Å². The summed E-state index contributed by atoms with van der Waals surface area (Å²) in [5, 5.41) is 48.7. The number of halogens is 2. The Labute approximate surface area is 404 Å². The highest BCUT2D eigenvalue weighted by molar-refractivity contribution is 7.15. The van der Waals surface area contributed by atoms with Crippen molar-refractivity contribution in [3.05, 3.63) is 138 Å². The van der Waals surface area contributed by atoms with Crippen LogP contribution in [0.2, 0.25) is 10.0 Å². The van der Waals surface area contributed by atoms with Crippen LogP contribution in [-0.2, 0) is 24.0 Å². The highest BCUT2D eigenvalue weighted by Gasteiger charge is 2.50. The topological polar surface area (TPSA) is 241 Å². The minimum atomic E-state index is -0.896. The van der Waals surface area contributed by atoms with Crippen molar-refractivity contribution >= 4 is 97.0 Å². The number of nitrogens with zero attached hydrogens (tertiary/aromatic N) is 6. The second-order valence-electron chi connectivity index (χ2n) is 14.9. The SMILES string of the molecule is CC(=O)O.Cc1nnc(N2C(=O)C(=O)C(=C(O)c3ccc4c(c3)OCCO4)C2c2ccc(Cl)cc2)s1.Cc1nnc(N2C(=O)C(=O)C(=C(O)c3ccc4c(c3)OCCO4)C2c2ccc(Cl)cc2)s1. The van der Waals surface area contributed by atoms with E-state index in [1.807, 2.05) is 0 Å². The van der Waals surface area contributed by atoms with Gasteiger partial charge in [0, 0.05) is 28.1 Å². The van der Waals surface area contributed by atoms with Crippen molar-refractivity contribution in [2.45, 2.75) is 32.9 Å². The summed E-state index contributed by atoms with van der Waals surface area (Å²) in [6, 6.07) is 21.4. The van der Waals surface area contributed by atoms with Crippen LogP contribution in [0.4, 0.5) is 10.3 Å². The number of aromatic nitrogens is 4. The predicted octanol–water partition coefficient (Wildman–Crippen LogP) is 7.89. The number of fused-ring (bicyclic) bond motifs is 2. The number of carboxylic acids is 1. The van der Waals surface area contributed by atoms with Gasteiger partial charge in [0.1, 0.15) is 48.0 Å². The van der Waals surface area contributed by atoms with Crippen molar-refractivity contribution in [2.24, 2.45) is 0 Å². The van der Waals surface area contributed by atoms with Gasteiger partial charge in [0.2, 0.25) is 10.3 Å². The molecule has 2 unspecified atom stereocenters. The van der Waals surface area contributed by atoms with Crippen molar-refractivity contribution in [3.63, 3.8) is 0 Å². The van der Waals surface area contributed by atoms with Crippen molar-refractivity contribution in [1.82, 2.24) is 20.4 Å². The van der Waals surface area contributed by atoms with Crippen LogP contribution >= 0.6 is 45.9 Å². The van der Waals surface area contributed by atoms with Crippen LogP contribution < -0.4 is 28.7 Å². The number of carboxylic acid groups (broad SMARTS) is 1. The minimum absolute atomic E-state index is 0.0538. The van der Waals surface area contributed by atoms with Gasteiger partial charge in [-0.3, -0.25) is 33.8 Å². The Morgan fingerprint density at radius 1 is 0.559 bits per heavy atom. The number of carbonyl (C=O) groups is 5. The number of rotatable bonds is 6. The Balaban J connectivity index is 0.000000171. The Morgan fingerprint density at radius 3 is 1.22 bits per heavy atom. The molecule has 0 spiro atoms. The van der Waals surface area contributed by atoms with Crippen LogP contribution in [0.15, 0.2) is 96.1 Å². The van der Waals surface area contributed by atoms with E-state index in [-0.39, 0.29) is 32.9 Å². The molecule has 18 nitrogen and oxygen atoms in total. The molecule has 3 N–H and O–H groups in total. The standard InChI is InChI=1S/2C22H16ClN3O5S.C2H4O2/c2*1-11-24-25-22(32-11)26-18(12-2-5-14(23)6-3-12)17(20(28)21(26)29)19(27)13-4-7-15-16(10-13)31-9-8-30-15;1-2(3)4/h2*2-7,10,18,27H,8-9H2,1H3;1H3,(H,3,4). The predicted molar refractivity (Wildman–Crippen MR) is 250 cm³/mol. The summed E-state index contributed by atoms with van der Waals surface area (Å²) in [4.78, 5) is 63.8. The maximum absolute atomic E-state index is 13.1. The second-order valence-corrected chi connectivity index (χ2v) is 18.1. The fraction of sp³-hybridized carbons (Fsp3) is 0.196. The molecule has 348 valence electrons. The smallest absolute Gasteiger partial charge is 0.301 e. The molecular weight excluding hydrogens is 964 g/mol. The first-order chi connectivity index (χ1) is 32.6. The van der Waals surface area contributed by atoms with Gasteiger partial charge in [0.25, 0.3) is 17.5 Å². The molecule has 68 heavy (non-hydrogen) atoms. The number of benzene rings is 4. The number of ketones is 2. The third-order valence-electron chi connectivity index (χ3n) is 10.3. The molecule has 10 rings (SSSR count). The maximum atomic E-state index is 13.1. The third kappa shape index (κ3) is 9.56. The first-order valence-corrected chi connectivity index (χ1v) is 22.7. The minimum Gasteiger partial charge on any atom is -0.507 e. The summed E-state index contributed by atoms with van der Waals surface area (Å²) in [7, 11) is 0. The molecule has 22 heteroatoms. The summed E-state index contributed by atoms with van der Waals surface area (Å²) < 4.78 is 22.2. The van der Waals surface area contributed by atoms with Gasteiger partial charge in [-0.1, -0.05) is 70.1 Å². The Bertz CT molecular complexity index is 2850. The van der Waals surface area contributed by atoms with E-state index < -0.39 is 41.4 Å². The number of aryl methyl sites for hydroxylation is 2. The zero-order chi connectivity index (χ0) is 48.4. The number of hydrogen-bond donors (Lipinski definition) is 3. The van der Waals surface area contributed by atoms with Gasteiger partial charge < -0.3 is 34.3 Å². The number of aliphatic hydroxyl groups is 2. The number of amides is 2. The van der Waals surface area contributed by atoms with Crippen LogP contribution in [0, 0.1) is 13.8 Å². The molecule has 4 aromatic carbocycles. The largest absolute Gasteiger partial charge is 0.507 e. The van der Waals surface area contributed by atoms with Crippen LogP contribution in [0.1, 0.15) is 51.3 Å². The number of Topliss-reactive ketones (excluding diaryl/α,β-unsaturated/α-hetero) is 2. The summed E-state index contributed by atoms with van der Waals surface area (Å²) in [6.07, 6.45) is 0. The summed E-state index contributed by atoms with van der Waals surface area (Å²) >= 11 is 14.4. The molecule has 6 heterocycles. The molecule has 2 aromatic heterocycles. The van der Waals surface area contributed by atoms with Gasteiger partial charge in [-0.15, -0.1) is 20.4 Å². The van der Waals surface area contributed by atoms with Crippen molar-refractivity contribution in [2.75, 3.05) is 36.2 Å². The average molecular weight is 1000 g/mol. The average Bonchev–Trinajstić information content (AvgIpc) is 4.09. The number of aliphatic carboxylic acids is 1. The maximum Gasteiger partial charge on any atom is 0.301 e. The van der Waals surface area contributed by atoms with Crippen LogP contribution in [-0.4, -0.2) is 91.5 Å². The Kier molecular flexibility index (Phi) is 13.7. The van der Waals surface area contributed by atoms with E-state index in [0.29, 0.717) is 91.7 Å². The Hall–Kier alpha value is -7.39. The van der Waals surface area contributed by atoms with E-state index in [0.717, 1.165) is 6.92 Å². The number of ether oxygens (including phenoxy) is 4. The summed E-state index contributed by atoms with van der Waals surface area (Å²) in [5.41, 5.74) is 1.75. The number of aliphatic hydroxyl groups excluding tert-OH is 2. The monoisotopic (exact) mass is 998 g/mol. The van der Waals surface area contributed by atoms with E-state index >= 15 is 0 Å². The van der Waals surface area contributed by atoms with E-state index in [1.165, 1.54) is 32.5 Å². The molecule has 2 fully saturated rings. The normalized spacial score (nSPS) is 18.7. The molecule has 2 saturated heterocycles. The molecule has 6 aromatic rings. The van der Waals surface area contributed by atoms with E-state index in [1.54, 1.807) is 98.8 Å². The third-order valence-corrected chi connectivity index (χ3v) is 12.5. The molecule has 4 aliphatic heterocycles. The highest BCUT2D eigenvalue weighted by Crippen LogP contribution is 2.46. The molecular formula is C46H36Cl2N6O12S2. The van der Waals surface area contributed by atoms with Gasteiger partial charge in [-0.25, -0.2) is 0 Å². The number of anilines is 2. The van der Waals surface area contributed by atoms with Crippen LogP contribution in [0.5, 0.6) is 23.0 Å². The highest BCUT2D eigenvalue weighted by atomic mass is 35.5. The Morgan fingerprint density at radius 2 is 0.897 bits per heavy atom. The van der Waals surface area contributed by atoms with E-state index in [2.05, 4.69) is 20.4 Å². The molecule has 0 radical (unpaired) electrons. The molecule has 0 aliphatic carbocycles. The molecule has 0 saturated carbocycles. The summed E-state index contributed by atoms with van der Waals surface area (Å²) in [6.45, 7) is 6.21. The second kappa shape index (κ2) is 19.8. The molecule has 2 amide bonds. The molecule has 0 bridgehead atoms. The quantitative estimate of drug-likeness (QED) is 0.0816. The first kappa shape index (κ1) is 47.1. The summed E-state index contributed by atoms with van der Waals surface area (Å²) in [5.74, 6) is -2.67. The zero-order valence-corrected chi connectivity index (χ0v) is 39.0. The van der Waals surface area contributed by atoms with Gasteiger partial charge in [0.05, 0.1) is 23.2 Å². The van der Waals surface area contributed by atoms with Gasteiger partial charge >= 0.3 is 11.8 Å².